The molecule has 116 valence electrons. The van der Waals surface area contributed by atoms with Crippen LogP contribution in [0.25, 0.3) is 5.52 Å². The van der Waals surface area contributed by atoms with Crippen LogP contribution in [0.2, 0.25) is 0 Å². The van der Waals surface area contributed by atoms with Crippen LogP contribution in [0.4, 0.5) is 5.69 Å². The maximum absolute atomic E-state index is 12.1. The van der Waals surface area contributed by atoms with Crippen LogP contribution in [-0.4, -0.2) is 28.0 Å². The molecular formula is C17H16N4O2. The van der Waals surface area contributed by atoms with Gasteiger partial charge in [0, 0.05) is 11.9 Å². The zero-order valence-corrected chi connectivity index (χ0v) is 12.6. The molecule has 3 rings (SSSR count). The number of pyridine rings is 1. The highest BCUT2D eigenvalue weighted by molar-refractivity contribution is 5.98. The van der Waals surface area contributed by atoms with Gasteiger partial charge in [-0.3, -0.25) is 9.59 Å². The molecule has 0 spiro atoms. The second-order valence-electron chi connectivity index (χ2n) is 5.20. The molecular weight excluding hydrogens is 292 g/mol. The number of carbonyl (C=O) groups is 2. The van der Waals surface area contributed by atoms with Crippen LogP contribution >= 0.6 is 0 Å². The molecule has 6 nitrogen and oxygen atoms in total. The molecule has 2 N–H and O–H groups in total. The molecule has 3 aromatic rings. The Morgan fingerprint density at radius 3 is 2.78 bits per heavy atom. The molecule has 0 aliphatic carbocycles. The van der Waals surface area contributed by atoms with Gasteiger partial charge < -0.3 is 10.6 Å². The fourth-order valence-corrected chi connectivity index (χ4v) is 2.23. The SMILES string of the molecule is Cc1cccc(NC(=O)CNC(=O)c2cc3ccccn3n2)c1. The molecule has 0 saturated carbocycles. The molecule has 6 heteroatoms. The van der Waals surface area contributed by atoms with Crippen LogP contribution in [-0.2, 0) is 4.79 Å². The number of aryl methyl sites for hydroxylation is 1. The third-order valence-electron chi connectivity index (χ3n) is 3.31. The van der Waals surface area contributed by atoms with E-state index < -0.39 is 0 Å². The van der Waals surface area contributed by atoms with Crippen LogP contribution in [0, 0.1) is 6.92 Å². The van der Waals surface area contributed by atoms with Crippen molar-refractivity contribution in [2.24, 2.45) is 0 Å². The summed E-state index contributed by atoms with van der Waals surface area (Å²) >= 11 is 0. The first kappa shape index (κ1) is 14.8. The lowest BCUT2D eigenvalue weighted by atomic mass is 10.2. The third-order valence-corrected chi connectivity index (χ3v) is 3.31. The average Bonchev–Trinajstić information content (AvgIpc) is 2.97. The van der Waals surface area contributed by atoms with Crippen LogP contribution in [0.1, 0.15) is 16.1 Å². The van der Waals surface area contributed by atoms with Crippen molar-refractivity contribution in [3.05, 3.63) is 66.0 Å². The number of aromatic nitrogens is 2. The van der Waals surface area contributed by atoms with E-state index in [1.165, 1.54) is 0 Å². The second-order valence-corrected chi connectivity index (χ2v) is 5.20. The summed E-state index contributed by atoms with van der Waals surface area (Å²) in [4.78, 5) is 23.9. The van der Waals surface area contributed by atoms with Crippen molar-refractivity contribution in [3.8, 4) is 0 Å². The molecule has 0 unspecified atom stereocenters. The number of nitrogens with zero attached hydrogens (tertiary/aromatic N) is 2. The van der Waals surface area contributed by atoms with Crippen LogP contribution < -0.4 is 10.6 Å². The van der Waals surface area contributed by atoms with Gasteiger partial charge in [0.05, 0.1) is 12.1 Å². The van der Waals surface area contributed by atoms with Gasteiger partial charge in [-0.25, -0.2) is 4.52 Å². The molecule has 0 aliphatic rings. The minimum Gasteiger partial charge on any atom is -0.342 e. The number of fused-ring (bicyclic) bond motifs is 1. The molecule has 2 amide bonds. The highest BCUT2D eigenvalue weighted by Gasteiger charge is 2.12. The smallest absolute Gasteiger partial charge is 0.272 e. The first-order chi connectivity index (χ1) is 11.1. The molecule has 0 bridgehead atoms. The number of carbonyl (C=O) groups excluding carboxylic acids is 2. The Hall–Kier alpha value is -3.15. The number of hydrogen-bond donors (Lipinski definition) is 2. The third kappa shape index (κ3) is 3.55. The molecule has 0 radical (unpaired) electrons. The molecule has 0 aliphatic heterocycles. The molecule has 23 heavy (non-hydrogen) atoms. The van der Waals surface area contributed by atoms with Gasteiger partial charge in [0.1, 0.15) is 0 Å². The van der Waals surface area contributed by atoms with Crippen molar-refractivity contribution in [2.75, 3.05) is 11.9 Å². The maximum Gasteiger partial charge on any atom is 0.272 e. The van der Waals surface area contributed by atoms with Gasteiger partial charge in [-0.15, -0.1) is 0 Å². The number of benzene rings is 1. The van der Waals surface area contributed by atoms with E-state index >= 15 is 0 Å². The Bertz CT molecular complexity index is 837. The van der Waals surface area contributed by atoms with E-state index in [9.17, 15) is 9.59 Å². The minimum atomic E-state index is -0.381. The molecule has 1 aromatic carbocycles. The normalized spacial score (nSPS) is 10.5. The number of anilines is 1. The lowest BCUT2D eigenvalue weighted by Crippen LogP contribution is -2.33. The fraction of sp³-hybridized carbons (Fsp3) is 0.118. The van der Waals surface area contributed by atoms with Crippen molar-refractivity contribution in [3.63, 3.8) is 0 Å². The van der Waals surface area contributed by atoms with E-state index in [4.69, 9.17) is 0 Å². The van der Waals surface area contributed by atoms with E-state index in [0.29, 0.717) is 5.69 Å². The summed E-state index contributed by atoms with van der Waals surface area (Å²) in [5, 5.41) is 9.46. The maximum atomic E-state index is 12.1. The summed E-state index contributed by atoms with van der Waals surface area (Å²) in [7, 11) is 0. The lowest BCUT2D eigenvalue weighted by Gasteiger charge is -2.06. The average molecular weight is 308 g/mol. The summed E-state index contributed by atoms with van der Waals surface area (Å²) in [5.41, 5.74) is 2.86. The van der Waals surface area contributed by atoms with Gasteiger partial charge in [-0.1, -0.05) is 18.2 Å². The van der Waals surface area contributed by atoms with Crippen molar-refractivity contribution in [1.29, 1.82) is 0 Å². The van der Waals surface area contributed by atoms with Crippen molar-refractivity contribution in [2.45, 2.75) is 6.92 Å². The Morgan fingerprint density at radius 1 is 1.13 bits per heavy atom. The first-order valence-corrected chi connectivity index (χ1v) is 7.21. The molecule has 0 atom stereocenters. The van der Waals surface area contributed by atoms with Gasteiger partial charge in [0.2, 0.25) is 5.91 Å². The van der Waals surface area contributed by atoms with Gasteiger partial charge in [0.15, 0.2) is 5.69 Å². The lowest BCUT2D eigenvalue weighted by molar-refractivity contribution is -0.115. The standard InChI is InChI=1S/C17H16N4O2/c1-12-5-4-6-13(9-12)19-16(22)11-18-17(23)15-10-14-7-2-3-8-21(14)20-15/h2-10H,11H2,1H3,(H,18,23)(H,19,22). The molecule has 0 fully saturated rings. The van der Waals surface area contributed by atoms with Crippen LogP contribution in [0.3, 0.4) is 0 Å². The highest BCUT2D eigenvalue weighted by Crippen LogP contribution is 2.09. The van der Waals surface area contributed by atoms with E-state index in [0.717, 1.165) is 11.1 Å². The number of rotatable bonds is 4. The number of amides is 2. The first-order valence-electron chi connectivity index (χ1n) is 7.21. The monoisotopic (exact) mass is 308 g/mol. The summed E-state index contributed by atoms with van der Waals surface area (Å²) in [6, 6.07) is 14.7. The fourth-order valence-electron chi connectivity index (χ4n) is 2.23. The Balaban J connectivity index is 1.59. The number of hydrogen-bond acceptors (Lipinski definition) is 3. The van der Waals surface area contributed by atoms with Gasteiger partial charge in [-0.2, -0.15) is 5.10 Å². The topological polar surface area (TPSA) is 75.5 Å². The van der Waals surface area contributed by atoms with E-state index in [-0.39, 0.29) is 24.1 Å². The number of nitrogens with one attached hydrogen (secondary N) is 2. The minimum absolute atomic E-state index is 0.110. The zero-order chi connectivity index (χ0) is 16.2. The van der Waals surface area contributed by atoms with E-state index in [2.05, 4.69) is 15.7 Å². The predicted octanol–water partition coefficient (Wildman–Crippen LogP) is 2.01. The molecule has 0 saturated heterocycles. The van der Waals surface area contributed by atoms with Crippen LogP contribution in [0.5, 0.6) is 0 Å². The van der Waals surface area contributed by atoms with Gasteiger partial charge in [0.25, 0.3) is 5.91 Å². The summed E-state index contributed by atoms with van der Waals surface area (Å²) in [5.74, 6) is -0.666. The zero-order valence-electron chi connectivity index (χ0n) is 12.6. The van der Waals surface area contributed by atoms with Crippen molar-refractivity contribution >= 4 is 23.0 Å². The molecule has 2 aromatic heterocycles. The highest BCUT2D eigenvalue weighted by atomic mass is 16.2. The quantitative estimate of drug-likeness (QED) is 0.774. The van der Waals surface area contributed by atoms with E-state index in [1.807, 2.05) is 43.3 Å². The van der Waals surface area contributed by atoms with Crippen molar-refractivity contribution < 1.29 is 9.59 Å². The molecule has 2 heterocycles. The summed E-state index contributed by atoms with van der Waals surface area (Å²) < 4.78 is 1.61. The Kier molecular flexibility index (Phi) is 4.05. The second kappa shape index (κ2) is 6.31. The van der Waals surface area contributed by atoms with Crippen molar-refractivity contribution in [1.82, 2.24) is 14.9 Å². The largest absolute Gasteiger partial charge is 0.342 e. The van der Waals surface area contributed by atoms with E-state index in [1.54, 1.807) is 22.8 Å². The Labute approximate surface area is 133 Å². The van der Waals surface area contributed by atoms with Gasteiger partial charge in [-0.05, 0) is 42.8 Å². The predicted molar refractivity (Wildman–Crippen MR) is 87.3 cm³/mol. The summed E-state index contributed by atoms with van der Waals surface area (Å²) in [6.07, 6.45) is 1.76. The van der Waals surface area contributed by atoms with Crippen LogP contribution in [0.15, 0.2) is 54.7 Å². The Morgan fingerprint density at radius 2 is 2.00 bits per heavy atom. The van der Waals surface area contributed by atoms with Gasteiger partial charge >= 0.3 is 0 Å². The summed E-state index contributed by atoms with van der Waals surface area (Å²) in [6.45, 7) is 1.83.